The van der Waals surface area contributed by atoms with Gasteiger partial charge in [-0.05, 0) is 74.9 Å². The third kappa shape index (κ3) is 4.42. The van der Waals surface area contributed by atoms with Gasteiger partial charge in [-0.2, -0.15) is 0 Å². The number of aliphatic imine (C=N–C) groups is 1. The zero-order valence-electron chi connectivity index (χ0n) is 17.9. The smallest absolute Gasteiger partial charge is 0.308 e. The van der Waals surface area contributed by atoms with Gasteiger partial charge in [0, 0.05) is 16.1 Å². The predicted octanol–water partition coefficient (Wildman–Crippen LogP) is 5.83. The molecule has 0 aliphatic carbocycles. The summed E-state index contributed by atoms with van der Waals surface area (Å²) >= 11 is 10.2. The molecule has 3 aromatic rings. The lowest BCUT2D eigenvalue weighted by molar-refractivity contribution is -0.155. The number of aryl methyl sites for hydroxylation is 1. The monoisotopic (exact) mass is 568 g/mol. The number of fused-ring (bicyclic) bond motifs is 3. The van der Waals surface area contributed by atoms with Gasteiger partial charge in [0.2, 0.25) is 0 Å². The number of hydrogen-bond donors (Lipinski definition) is 0. The van der Waals surface area contributed by atoms with E-state index in [1.807, 2.05) is 56.5 Å². The molecule has 0 amide bonds. The largest absolute Gasteiger partial charge is 0.460 e. The first-order chi connectivity index (χ1) is 14.5. The highest BCUT2D eigenvalue weighted by molar-refractivity contribution is 14.1. The van der Waals surface area contributed by atoms with Crippen LogP contribution in [-0.2, 0) is 9.53 Å². The van der Waals surface area contributed by atoms with E-state index in [4.69, 9.17) is 21.3 Å². The molecule has 162 valence electrons. The standard InChI is InChI=1S/C22H22ClIN4O2S/c1-11-17-18(13-6-8-14(23)9-7-13)25-15(10-16(29)30-22(3,4)5)20-27-26-12(2)28(20)21(17)31-19(11)24/h6-9,15H,10H2,1-5H3/t15-/m0/s1. The van der Waals surface area contributed by atoms with Crippen LogP contribution < -0.4 is 0 Å². The zero-order chi connectivity index (χ0) is 22.5. The topological polar surface area (TPSA) is 69.4 Å². The van der Waals surface area contributed by atoms with Crippen molar-refractivity contribution >= 4 is 57.2 Å². The minimum Gasteiger partial charge on any atom is -0.460 e. The van der Waals surface area contributed by atoms with Crippen molar-refractivity contribution in [3.05, 3.63) is 60.5 Å². The van der Waals surface area contributed by atoms with Gasteiger partial charge in [-0.1, -0.05) is 23.7 Å². The van der Waals surface area contributed by atoms with E-state index in [1.54, 1.807) is 11.3 Å². The Hall–Kier alpha value is -1.78. The van der Waals surface area contributed by atoms with Gasteiger partial charge in [0.05, 0.1) is 15.0 Å². The average Bonchev–Trinajstić information content (AvgIpc) is 3.14. The van der Waals surface area contributed by atoms with Crippen LogP contribution in [0.15, 0.2) is 29.3 Å². The van der Waals surface area contributed by atoms with E-state index in [2.05, 4.69) is 39.7 Å². The Kier molecular flexibility index (Phi) is 5.99. The molecule has 9 heteroatoms. The minimum atomic E-state index is -0.570. The summed E-state index contributed by atoms with van der Waals surface area (Å²) in [6.07, 6.45) is 0.0809. The molecule has 6 nitrogen and oxygen atoms in total. The number of carbonyl (C=O) groups is 1. The molecule has 0 unspecified atom stereocenters. The Labute approximate surface area is 203 Å². The van der Waals surface area contributed by atoms with Gasteiger partial charge in [-0.25, -0.2) is 0 Å². The fraction of sp³-hybridized carbons (Fsp3) is 0.364. The summed E-state index contributed by atoms with van der Waals surface area (Å²) in [7, 11) is 0. The van der Waals surface area contributed by atoms with Gasteiger partial charge in [-0.3, -0.25) is 14.4 Å². The molecule has 3 heterocycles. The van der Waals surface area contributed by atoms with E-state index >= 15 is 0 Å². The van der Waals surface area contributed by atoms with E-state index in [-0.39, 0.29) is 12.4 Å². The molecule has 31 heavy (non-hydrogen) atoms. The summed E-state index contributed by atoms with van der Waals surface area (Å²) in [5.41, 5.74) is 3.37. The van der Waals surface area contributed by atoms with Crippen molar-refractivity contribution in [1.29, 1.82) is 0 Å². The van der Waals surface area contributed by atoms with Crippen molar-refractivity contribution < 1.29 is 9.53 Å². The van der Waals surface area contributed by atoms with Crippen molar-refractivity contribution in [1.82, 2.24) is 14.8 Å². The van der Waals surface area contributed by atoms with Gasteiger partial charge in [0.1, 0.15) is 22.5 Å². The maximum atomic E-state index is 12.7. The van der Waals surface area contributed by atoms with Crippen LogP contribution in [0, 0.1) is 16.7 Å². The molecule has 0 bridgehead atoms. The van der Waals surface area contributed by atoms with Crippen LogP contribution >= 0.6 is 45.5 Å². The van der Waals surface area contributed by atoms with Crippen molar-refractivity contribution in [2.75, 3.05) is 0 Å². The van der Waals surface area contributed by atoms with E-state index in [9.17, 15) is 4.79 Å². The molecule has 1 aliphatic heterocycles. The first kappa shape index (κ1) is 22.4. The number of aromatic nitrogens is 3. The van der Waals surface area contributed by atoms with Gasteiger partial charge in [-0.15, -0.1) is 21.5 Å². The fourth-order valence-corrected chi connectivity index (χ4v) is 5.65. The second kappa shape index (κ2) is 8.29. The SMILES string of the molecule is Cc1c(I)sc2c1C(c1ccc(Cl)cc1)=N[C@@H](CC(=O)OC(C)(C)C)c1nnc(C)n1-2. The van der Waals surface area contributed by atoms with Crippen LogP contribution in [0.25, 0.3) is 5.00 Å². The highest BCUT2D eigenvalue weighted by Gasteiger charge is 2.33. The Bertz CT molecular complexity index is 1190. The summed E-state index contributed by atoms with van der Waals surface area (Å²) in [6, 6.07) is 7.10. The van der Waals surface area contributed by atoms with Crippen LogP contribution in [0.5, 0.6) is 0 Å². The molecule has 0 fully saturated rings. The molecule has 1 atom stereocenters. The molecule has 0 saturated heterocycles. The first-order valence-corrected chi connectivity index (χ1v) is 12.1. The van der Waals surface area contributed by atoms with Crippen molar-refractivity contribution in [2.24, 2.45) is 4.99 Å². The number of nitrogens with zero attached hydrogens (tertiary/aromatic N) is 4. The number of benzene rings is 1. The Morgan fingerprint density at radius 3 is 2.55 bits per heavy atom. The zero-order valence-corrected chi connectivity index (χ0v) is 21.6. The second-order valence-corrected chi connectivity index (χ2v) is 11.7. The van der Waals surface area contributed by atoms with Crippen molar-refractivity contribution in [3.63, 3.8) is 0 Å². The molecule has 0 saturated carbocycles. The summed E-state index contributed by atoms with van der Waals surface area (Å²) < 4.78 is 8.78. The van der Waals surface area contributed by atoms with E-state index in [0.717, 1.165) is 33.2 Å². The van der Waals surface area contributed by atoms with Crippen LogP contribution in [0.1, 0.15) is 61.6 Å². The van der Waals surface area contributed by atoms with Crippen LogP contribution in [0.4, 0.5) is 0 Å². The fourth-order valence-electron chi connectivity index (χ4n) is 3.54. The Balaban J connectivity index is 1.91. The van der Waals surface area contributed by atoms with Crippen LogP contribution in [0.3, 0.4) is 0 Å². The van der Waals surface area contributed by atoms with E-state index in [1.165, 1.54) is 2.88 Å². The van der Waals surface area contributed by atoms with Gasteiger partial charge in [0.15, 0.2) is 5.82 Å². The van der Waals surface area contributed by atoms with Crippen LogP contribution in [0.2, 0.25) is 5.02 Å². The van der Waals surface area contributed by atoms with Gasteiger partial charge < -0.3 is 4.74 Å². The highest BCUT2D eigenvalue weighted by atomic mass is 127. The van der Waals surface area contributed by atoms with Crippen LogP contribution in [-0.4, -0.2) is 32.0 Å². The third-order valence-electron chi connectivity index (χ3n) is 4.84. The van der Waals surface area contributed by atoms with Crippen molar-refractivity contribution in [2.45, 2.75) is 52.7 Å². The summed E-state index contributed by atoms with van der Waals surface area (Å²) in [4.78, 5) is 17.8. The molecule has 0 spiro atoms. The van der Waals surface area contributed by atoms with E-state index < -0.39 is 11.6 Å². The lowest BCUT2D eigenvalue weighted by atomic mass is 10.0. The Morgan fingerprint density at radius 2 is 1.90 bits per heavy atom. The lowest BCUT2D eigenvalue weighted by Crippen LogP contribution is -2.25. The predicted molar refractivity (Wildman–Crippen MR) is 132 cm³/mol. The lowest BCUT2D eigenvalue weighted by Gasteiger charge is -2.21. The summed E-state index contributed by atoms with van der Waals surface area (Å²) in [5, 5.41) is 10.4. The Morgan fingerprint density at radius 1 is 1.23 bits per heavy atom. The number of halogens is 2. The number of ether oxygens (including phenoxy) is 1. The molecule has 1 aliphatic rings. The quantitative estimate of drug-likeness (QED) is 0.295. The normalized spacial score (nSPS) is 15.7. The number of rotatable bonds is 3. The molecule has 4 rings (SSSR count). The molecule has 1 aromatic carbocycles. The molecule has 0 N–H and O–H groups in total. The molecular formula is C22H22ClIN4O2S. The van der Waals surface area contributed by atoms with Gasteiger partial charge in [0.25, 0.3) is 0 Å². The maximum Gasteiger partial charge on any atom is 0.308 e. The highest BCUT2D eigenvalue weighted by Crippen LogP contribution is 2.40. The number of esters is 1. The molecular weight excluding hydrogens is 547 g/mol. The summed E-state index contributed by atoms with van der Waals surface area (Å²) in [5.74, 6) is 1.09. The average molecular weight is 569 g/mol. The second-order valence-electron chi connectivity index (χ2n) is 8.41. The van der Waals surface area contributed by atoms with Crippen molar-refractivity contribution in [3.8, 4) is 5.00 Å². The summed E-state index contributed by atoms with van der Waals surface area (Å²) in [6.45, 7) is 9.58. The van der Waals surface area contributed by atoms with Gasteiger partial charge >= 0.3 is 5.97 Å². The number of hydrogen-bond acceptors (Lipinski definition) is 6. The minimum absolute atomic E-state index is 0.0809. The molecule has 2 aromatic heterocycles. The third-order valence-corrected chi connectivity index (χ3v) is 7.63. The maximum absolute atomic E-state index is 12.7. The number of thiophene rings is 1. The van der Waals surface area contributed by atoms with E-state index in [0.29, 0.717) is 10.8 Å². The first-order valence-electron chi connectivity index (χ1n) is 9.82. The number of carbonyl (C=O) groups excluding carboxylic acids is 1. The molecule has 0 radical (unpaired) electrons.